The summed E-state index contributed by atoms with van der Waals surface area (Å²) in [5, 5.41) is 8.97. The van der Waals surface area contributed by atoms with Crippen molar-refractivity contribution in [2.45, 2.75) is 25.9 Å². The largest absolute Gasteiger partial charge is 0.481 e. The maximum atomic E-state index is 12.1. The molecule has 1 aromatic carbocycles. The third-order valence-corrected chi connectivity index (χ3v) is 2.59. The summed E-state index contributed by atoms with van der Waals surface area (Å²) in [6.07, 6.45) is 0.352. The van der Waals surface area contributed by atoms with Gasteiger partial charge in [0, 0.05) is 0 Å². The first-order valence-electron chi connectivity index (χ1n) is 4.92. The lowest BCUT2D eigenvalue weighted by Gasteiger charge is -2.13. The van der Waals surface area contributed by atoms with Gasteiger partial charge in [0.05, 0.1) is 10.9 Å². The minimum atomic E-state index is -2.99. The molecule has 3 nitrogen and oxygen atoms in total. The van der Waals surface area contributed by atoms with Gasteiger partial charge in [-0.25, -0.2) is 0 Å². The molecule has 0 saturated heterocycles. The minimum absolute atomic E-state index is 0.0225. The third-order valence-electron chi connectivity index (χ3n) is 2.28. The molecule has 17 heavy (non-hydrogen) atoms. The van der Waals surface area contributed by atoms with Gasteiger partial charge < -0.3 is 9.84 Å². The lowest BCUT2D eigenvalue weighted by atomic mass is 9.96. The average molecular weight is 265 g/mol. The Hall–Kier alpha value is -1.36. The van der Waals surface area contributed by atoms with Crippen molar-refractivity contribution < 1.29 is 23.4 Å². The van der Waals surface area contributed by atoms with Crippen molar-refractivity contribution in [1.82, 2.24) is 0 Å². The fourth-order valence-electron chi connectivity index (χ4n) is 1.48. The Morgan fingerprint density at radius 3 is 2.65 bits per heavy atom. The highest BCUT2D eigenvalue weighted by atomic mass is 35.5. The number of hydrogen-bond acceptors (Lipinski definition) is 2. The molecule has 0 heterocycles. The topological polar surface area (TPSA) is 46.5 Å². The van der Waals surface area contributed by atoms with Gasteiger partial charge in [-0.3, -0.25) is 4.79 Å². The molecule has 0 aliphatic heterocycles. The molecule has 0 fully saturated rings. The van der Waals surface area contributed by atoms with Crippen LogP contribution in [0.25, 0.3) is 0 Å². The van der Waals surface area contributed by atoms with E-state index in [0.29, 0.717) is 12.0 Å². The molecule has 1 aromatic rings. The fraction of sp³-hybridized carbons (Fsp3) is 0.364. The molecule has 0 aromatic heterocycles. The van der Waals surface area contributed by atoms with Crippen LogP contribution >= 0.6 is 11.6 Å². The van der Waals surface area contributed by atoms with Gasteiger partial charge in [0.2, 0.25) is 0 Å². The molecule has 1 atom stereocenters. The molecule has 94 valence electrons. The van der Waals surface area contributed by atoms with Crippen LogP contribution in [-0.2, 0) is 4.79 Å². The van der Waals surface area contributed by atoms with E-state index in [9.17, 15) is 13.6 Å². The first-order valence-corrected chi connectivity index (χ1v) is 5.30. The predicted octanol–water partition coefficient (Wildman–Crippen LogP) is 3.52. The zero-order valence-corrected chi connectivity index (χ0v) is 9.75. The summed E-state index contributed by atoms with van der Waals surface area (Å²) in [6.45, 7) is -1.30. The van der Waals surface area contributed by atoms with Crippen molar-refractivity contribution in [2.75, 3.05) is 0 Å². The van der Waals surface area contributed by atoms with Crippen LogP contribution in [0.5, 0.6) is 5.75 Å². The van der Waals surface area contributed by atoms with Crippen LogP contribution in [0.2, 0.25) is 5.02 Å². The third kappa shape index (κ3) is 3.56. The maximum Gasteiger partial charge on any atom is 0.387 e. The van der Waals surface area contributed by atoms with E-state index >= 15 is 0 Å². The normalized spacial score (nSPS) is 12.5. The molecule has 1 unspecified atom stereocenters. The van der Waals surface area contributed by atoms with E-state index < -0.39 is 18.5 Å². The molecule has 6 heteroatoms. The van der Waals surface area contributed by atoms with Crippen LogP contribution in [-0.4, -0.2) is 17.7 Å². The van der Waals surface area contributed by atoms with Gasteiger partial charge in [0.25, 0.3) is 0 Å². The van der Waals surface area contributed by atoms with Crippen LogP contribution in [0.1, 0.15) is 24.8 Å². The number of alkyl halides is 2. The Morgan fingerprint density at radius 2 is 2.18 bits per heavy atom. The molecule has 0 amide bonds. The van der Waals surface area contributed by atoms with Crippen LogP contribution < -0.4 is 4.74 Å². The number of halogens is 3. The van der Waals surface area contributed by atoms with Crippen molar-refractivity contribution in [2.24, 2.45) is 0 Å². The number of carboxylic acids is 1. The summed E-state index contributed by atoms with van der Waals surface area (Å²) < 4.78 is 28.4. The minimum Gasteiger partial charge on any atom is -0.481 e. The molecular weight excluding hydrogens is 254 g/mol. The lowest BCUT2D eigenvalue weighted by molar-refractivity contribution is -0.138. The Labute approximate surface area is 102 Å². The Balaban J connectivity index is 3.06. The second-order valence-corrected chi connectivity index (χ2v) is 3.77. The summed E-state index contributed by atoms with van der Waals surface area (Å²) in [4.78, 5) is 10.9. The smallest absolute Gasteiger partial charge is 0.387 e. The molecule has 0 spiro atoms. The van der Waals surface area contributed by atoms with Crippen LogP contribution in [0.3, 0.4) is 0 Å². The zero-order valence-electron chi connectivity index (χ0n) is 8.99. The highest BCUT2D eigenvalue weighted by Crippen LogP contribution is 2.31. The number of carbonyl (C=O) groups is 1. The first-order chi connectivity index (χ1) is 7.95. The monoisotopic (exact) mass is 264 g/mol. The van der Waals surface area contributed by atoms with E-state index in [1.54, 1.807) is 6.92 Å². The van der Waals surface area contributed by atoms with E-state index in [1.807, 2.05) is 0 Å². The second-order valence-electron chi connectivity index (χ2n) is 3.37. The van der Waals surface area contributed by atoms with Crippen molar-refractivity contribution in [3.8, 4) is 5.75 Å². The van der Waals surface area contributed by atoms with Crippen molar-refractivity contribution in [3.63, 3.8) is 0 Å². The van der Waals surface area contributed by atoms with Crippen LogP contribution in [0.15, 0.2) is 18.2 Å². The summed E-state index contributed by atoms with van der Waals surface area (Å²) in [7, 11) is 0. The molecule has 0 saturated carbocycles. The van der Waals surface area contributed by atoms with E-state index in [-0.39, 0.29) is 10.8 Å². The number of ether oxygens (including phenoxy) is 1. The maximum absolute atomic E-state index is 12.1. The second kappa shape index (κ2) is 5.82. The summed E-state index contributed by atoms with van der Waals surface area (Å²) in [6, 6.07) is 4.07. The predicted molar refractivity (Wildman–Crippen MR) is 58.8 cm³/mol. The molecule has 1 rings (SSSR count). The van der Waals surface area contributed by atoms with Crippen LogP contribution in [0.4, 0.5) is 8.78 Å². The molecular formula is C11H11ClF2O3. The van der Waals surface area contributed by atoms with Gasteiger partial charge in [-0.2, -0.15) is 8.78 Å². The van der Waals surface area contributed by atoms with Gasteiger partial charge in [-0.1, -0.05) is 24.6 Å². The molecule has 0 aliphatic rings. The van der Waals surface area contributed by atoms with Crippen LogP contribution in [0, 0.1) is 0 Å². The quantitative estimate of drug-likeness (QED) is 0.885. The molecule has 0 bridgehead atoms. The lowest BCUT2D eigenvalue weighted by Crippen LogP contribution is -2.11. The van der Waals surface area contributed by atoms with E-state index in [1.165, 1.54) is 18.2 Å². The van der Waals surface area contributed by atoms with Gasteiger partial charge in [0.15, 0.2) is 0 Å². The van der Waals surface area contributed by atoms with Crippen molar-refractivity contribution >= 4 is 17.6 Å². The van der Waals surface area contributed by atoms with Gasteiger partial charge in [0.1, 0.15) is 5.75 Å². The summed E-state index contributed by atoms with van der Waals surface area (Å²) in [5.74, 6) is -1.98. The molecule has 0 radical (unpaired) electrons. The van der Waals surface area contributed by atoms with Gasteiger partial charge >= 0.3 is 12.6 Å². The number of rotatable bonds is 5. The fourth-order valence-corrected chi connectivity index (χ4v) is 1.64. The first kappa shape index (κ1) is 13.7. The van der Waals surface area contributed by atoms with E-state index in [0.717, 1.165) is 0 Å². The SMILES string of the molecule is CCC(C(=O)O)c1ccc(Cl)c(OC(F)F)c1. The number of aliphatic carboxylic acids is 1. The number of hydrogen-bond donors (Lipinski definition) is 1. The Kier molecular flexibility index (Phi) is 4.69. The highest BCUT2D eigenvalue weighted by molar-refractivity contribution is 6.32. The standard InChI is InChI=1S/C11H11ClF2O3/c1-2-7(10(15)16)6-3-4-8(12)9(5-6)17-11(13)14/h3-5,7,11H,2H2,1H3,(H,15,16). The van der Waals surface area contributed by atoms with Gasteiger partial charge in [-0.05, 0) is 24.1 Å². The Bertz CT molecular complexity index is 410. The van der Waals surface area contributed by atoms with Crippen molar-refractivity contribution in [3.05, 3.63) is 28.8 Å². The average Bonchev–Trinajstić information content (AvgIpc) is 2.22. The number of benzene rings is 1. The summed E-state index contributed by atoms with van der Waals surface area (Å²) in [5.41, 5.74) is 0.389. The highest BCUT2D eigenvalue weighted by Gasteiger charge is 2.19. The Morgan fingerprint density at radius 1 is 1.53 bits per heavy atom. The van der Waals surface area contributed by atoms with Crippen molar-refractivity contribution in [1.29, 1.82) is 0 Å². The molecule has 0 aliphatic carbocycles. The summed E-state index contributed by atoms with van der Waals surface area (Å²) >= 11 is 5.66. The molecule has 1 N–H and O–H groups in total. The van der Waals surface area contributed by atoms with E-state index in [4.69, 9.17) is 16.7 Å². The number of carboxylic acid groups (broad SMARTS) is 1. The van der Waals surface area contributed by atoms with E-state index in [2.05, 4.69) is 4.74 Å². The van der Waals surface area contributed by atoms with Gasteiger partial charge in [-0.15, -0.1) is 0 Å². The zero-order chi connectivity index (χ0) is 13.0.